The lowest BCUT2D eigenvalue weighted by Gasteiger charge is -2.12. The van der Waals surface area contributed by atoms with E-state index >= 15 is 0 Å². The second-order valence-corrected chi connectivity index (χ2v) is 3.52. The zero-order valence-corrected chi connectivity index (χ0v) is 9.30. The predicted octanol–water partition coefficient (Wildman–Crippen LogP) is 2.31. The van der Waals surface area contributed by atoms with Crippen LogP contribution in [0.5, 0.6) is 5.75 Å². The van der Waals surface area contributed by atoms with Gasteiger partial charge in [-0.15, -0.1) is 0 Å². The zero-order chi connectivity index (χ0) is 12.3. The average molecular weight is 233 g/mol. The summed E-state index contributed by atoms with van der Waals surface area (Å²) in [4.78, 5) is 3.99. The largest absolute Gasteiger partial charge is 0.494 e. The maximum Gasteiger partial charge on any atom is 0.171 e. The highest BCUT2D eigenvalue weighted by Crippen LogP contribution is 2.27. The van der Waals surface area contributed by atoms with Crippen molar-refractivity contribution < 1.29 is 14.2 Å². The summed E-state index contributed by atoms with van der Waals surface area (Å²) in [5, 5.41) is 10.0. The number of hydrogen-bond acceptors (Lipinski definition) is 3. The molecule has 88 valence electrons. The third-order valence-electron chi connectivity index (χ3n) is 2.48. The van der Waals surface area contributed by atoms with E-state index < -0.39 is 11.9 Å². The van der Waals surface area contributed by atoms with Crippen LogP contribution in [0.1, 0.15) is 17.4 Å². The molecule has 4 heteroatoms. The molecule has 0 saturated carbocycles. The van der Waals surface area contributed by atoms with Crippen LogP contribution >= 0.6 is 0 Å². The number of rotatable bonds is 3. The molecule has 2 aromatic rings. The van der Waals surface area contributed by atoms with Gasteiger partial charge in [0.15, 0.2) is 11.6 Å². The predicted molar refractivity (Wildman–Crippen MR) is 61.3 cm³/mol. The summed E-state index contributed by atoms with van der Waals surface area (Å²) in [6.45, 7) is 0. The maximum atomic E-state index is 13.9. The third kappa shape index (κ3) is 2.26. The number of ether oxygens (including phenoxy) is 1. The molecule has 1 N–H and O–H groups in total. The molecule has 0 amide bonds. The number of aliphatic hydroxyl groups excluding tert-OH is 1. The van der Waals surface area contributed by atoms with Gasteiger partial charge in [-0.25, -0.2) is 4.39 Å². The molecule has 1 unspecified atom stereocenters. The number of methoxy groups -OCH3 is 1. The molecule has 3 nitrogen and oxygen atoms in total. The van der Waals surface area contributed by atoms with E-state index in [0.717, 1.165) is 0 Å². The standard InChI is InChI=1S/C13H12FNO2/c1-17-11-7-4-5-9(12(11)14)13(16)10-6-2-3-8-15-10/h2-8,13,16H,1H3. The fourth-order valence-corrected chi connectivity index (χ4v) is 1.59. The second-order valence-electron chi connectivity index (χ2n) is 3.52. The van der Waals surface area contributed by atoms with Crippen molar-refractivity contribution in [1.82, 2.24) is 4.98 Å². The summed E-state index contributed by atoms with van der Waals surface area (Å²) in [6.07, 6.45) is 0.461. The molecule has 0 spiro atoms. The van der Waals surface area contributed by atoms with E-state index in [1.807, 2.05) is 0 Å². The zero-order valence-electron chi connectivity index (χ0n) is 9.30. The van der Waals surface area contributed by atoms with E-state index in [1.54, 1.807) is 30.5 Å². The van der Waals surface area contributed by atoms with Crippen LogP contribution in [0, 0.1) is 5.82 Å². The first-order valence-corrected chi connectivity index (χ1v) is 5.15. The Morgan fingerprint density at radius 2 is 2.06 bits per heavy atom. The Morgan fingerprint density at radius 1 is 1.24 bits per heavy atom. The minimum atomic E-state index is -1.09. The number of pyridine rings is 1. The van der Waals surface area contributed by atoms with E-state index in [0.29, 0.717) is 5.69 Å². The molecule has 1 aromatic heterocycles. The Kier molecular flexibility index (Phi) is 3.35. The fourth-order valence-electron chi connectivity index (χ4n) is 1.59. The lowest BCUT2D eigenvalue weighted by Crippen LogP contribution is -2.05. The van der Waals surface area contributed by atoms with E-state index in [1.165, 1.54) is 19.2 Å². The minimum absolute atomic E-state index is 0.109. The molecule has 0 saturated heterocycles. The molecule has 1 aromatic carbocycles. The van der Waals surface area contributed by atoms with Gasteiger partial charge in [0.1, 0.15) is 6.10 Å². The molecule has 0 aliphatic heterocycles. The summed E-state index contributed by atoms with van der Waals surface area (Å²) in [6, 6.07) is 9.76. The van der Waals surface area contributed by atoms with E-state index in [2.05, 4.69) is 4.98 Å². The van der Waals surface area contributed by atoms with E-state index in [-0.39, 0.29) is 11.3 Å². The second kappa shape index (κ2) is 4.93. The molecule has 0 fully saturated rings. The SMILES string of the molecule is COc1cccc(C(O)c2ccccn2)c1F. The lowest BCUT2D eigenvalue weighted by molar-refractivity contribution is 0.208. The van der Waals surface area contributed by atoms with Gasteiger partial charge < -0.3 is 9.84 Å². The molecule has 0 aliphatic carbocycles. The fraction of sp³-hybridized carbons (Fsp3) is 0.154. The van der Waals surface area contributed by atoms with Gasteiger partial charge in [-0.2, -0.15) is 0 Å². The van der Waals surface area contributed by atoms with Crippen molar-refractivity contribution in [3.63, 3.8) is 0 Å². The molecule has 1 atom stereocenters. The number of halogens is 1. The van der Waals surface area contributed by atoms with Crippen LogP contribution in [0.15, 0.2) is 42.6 Å². The lowest BCUT2D eigenvalue weighted by atomic mass is 10.0. The molecule has 2 rings (SSSR count). The first-order valence-electron chi connectivity index (χ1n) is 5.15. The molecule has 17 heavy (non-hydrogen) atoms. The van der Waals surface area contributed by atoms with Crippen LogP contribution in [0.2, 0.25) is 0 Å². The van der Waals surface area contributed by atoms with Crippen molar-refractivity contribution in [3.05, 3.63) is 59.7 Å². The van der Waals surface area contributed by atoms with Gasteiger partial charge in [-0.05, 0) is 18.2 Å². The first kappa shape index (κ1) is 11.5. The van der Waals surface area contributed by atoms with E-state index in [4.69, 9.17) is 4.74 Å². The summed E-state index contributed by atoms with van der Waals surface area (Å²) in [5.74, 6) is -0.453. The van der Waals surface area contributed by atoms with Gasteiger partial charge in [0, 0.05) is 11.8 Å². The topological polar surface area (TPSA) is 42.4 Å². The van der Waals surface area contributed by atoms with Crippen molar-refractivity contribution in [2.24, 2.45) is 0 Å². The third-order valence-corrected chi connectivity index (χ3v) is 2.48. The number of aliphatic hydroxyl groups is 1. The van der Waals surface area contributed by atoms with Crippen molar-refractivity contribution in [3.8, 4) is 5.75 Å². The van der Waals surface area contributed by atoms with Crippen LogP contribution in [0.25, 0.3) is 0 Å². The van der Waals surface area contributed by atoms with Crippen LogP contribution in [0.4, 0.5) is 4.39 Å². The van der Waals surface area contributed by atoms with Gasteiger partial charge in [0.05, 0.1) is 12.8 Å². The Hall–Kier alpha value is -1.94. The van der Waals surface area contributed by atoms with Crippen LogP contribution < -0.4 is 4.74 Å². The Bertz CT molecular complexity index is 502. The quantitative estimate of drug-likeness (QED) is 0.884. The highest BCUT2D eigenvalue weighted by Gasteiger charge is 2.18. The molecule has 0 bridgehead atoms. The van der Waals surface area contributed by atoms with Gasteiger partial charge in [0.2, 0.25) is 0 Å². The molecule has 1 heterocycles. The summed E-state index contributed by atoms with van der Waals surface area (Å²) in [5.41, 5.74) is 0.558. The summed E-state index contributed by atoms with van der Waals surface area (Å²) >= 11 is 0. The Balaban J connectivity index is 2.41. The first-order chi connectivity index (χ1) is 8.24. The van der Waals surface area contributed by atoms with Crippen LogP contribution in [-0.2, 0) is 0 Å². The molecule has 0 aliphatic rings. The number of nitrogens with zero attached hydrogens (tertiary/aromatic N) is 1. The number of hydrogen-bond donors (Lipinski definition) is 1. The van der Waals surface area contributed by atoms with Gasteiger partial charge in [0.25, 0.3) is 0 Å². The normalized spacial score (nSPS) is 12.2. The molecular formula is C13H12FNO2. The number of benzene rings is 1. The van der Waals surface area contributed by atoms with Crippen molar-refractivity contribution >= 4 is 0 Å². The van der Waals surface area contributed by atoms with Crippen molar-refractivity contribution in [2.75, 3.05) is 7.11 Å². The Morgan fingerprint density at radius 3 is 2.71 bits per heavy atom. The van der Waals surface area contributed by atoms with Gasteiger partial charge >= 0.3 is 0 Å². The van der Waals surface area contributed by atoms with Crippen molar-refractivity contribution in [2.45, 2.75) is 6.10 Å². The minimum Gasteiger partial charge on any atom is -0.494 e. The monoisotopic (exact) mass is 233 g/mol. The van der Waals surface area contributed by atoms with Gasteiger partial charge in [-0.1, -0.05) is 18.2 Å². The highest BCUT2D eigenvalue weighted by molar-refractivity contribution is 5.35. The van der Waals surface area contributed by atoms with Crippen LogP contribution in [-0.4, -0.2) is 17.2 Å². The van der Waals surface area contributed by atoms with Crippen molar-refractivity contribution in [1.29, 1.82) is 0 Å². The Labute approximate surface area is 98.5 Å². The molecular weight excluding hydrogens is 221 g/mol. The molecule has 0 radical (unpaired) electrons. The smallest absolute Gasteiger partial charge is 0.171 e. The van der Waals surface area contributed by atoms with Crippen LogP contribution in [0.3, 0.4) is 0 Å². The average Bonchev–Trinajstić information content (AvgIpc) is 2.39. The highest BCUT2D eigenvalue weighted by atomic mass is 19.1. The van der Waals surface area contributed by atoms with E-state index in [9.17, 15) is 9.50 Å². The summed E-state index contributed by atoms with van der Waals surface area (Å²) < 4.78 is 18.8. The van der Waals surface area contributed by atoms with Gasteiger partial charge in [-0.3, -0.25) is 4.98 Å². The maximum absolute atomic E-state index is 13.9. The number of aromatic nitrogens is 1. The summed E-state index contributed by atoms with van der Waals surface area (Å²) in [7, 11) is 1.38.